The molecule has 0 N–H and O–H groups in total. The van der Waals surface area contributed by atoms with Gasteiger partial charge < -0.3 is 14.2 Å². The van der Waals surface area contributed by atoms with Crippen LogP contribution < -0.4 is 0 Å². The Morgan fingerprint density at radius 3 is 2.71 bits per heavy atom. The number of esters is 1. The molecule has 1 saturated heterocycles. The Morgan fingerprint density at radius 1 is 1.43 bits per heavy atom. The van der Waals surface area contributed by atoms with Gasteiger partial charge >= 0.3 is 11.3 Å². The minimum Gasteiger partial charge on any atom is -0.464 e. The van der Waals surface area contributed by atoms with Crippen LogP contribution in [0.15, 0.2) is 10.6 Å². The number of ether oxygens (including phenoxy) is 3. The summed E-state index contributed by atoms with van der Waals surface area (Å²) in [5.41, 5.74) is 0.109. The van der Waals surface area contributed by atoms with E-state index in [2.05, 4.69) is 0 Å². The third-order valence-corrected chi connectivity index (χ3v) is 5.29. The smallest absolute Gasteiger partial charge is 0.371 e. The van der Waals surface area contributed by atoms with E-state index in [4.69, 9.17) is 14.2 Å². The number of nitrogens with zero attached hydrogens (tertiary/aromatic N) is 1. The zero-order valence-electron chi connectivity index (χ0n) is 11.8. The van der Waals surface area contributed by atoms with Gasteiger partial charge in [-0.3, -0.25) is 9.69 Å². The quantitative estimate of drug-likeness (QED) is 0.560. The zero-order chi connectivity index (χ0) is 15.6. The number of thioether (sulfide) groups is 2. The van der Waals surface area contributed by atoms with Crippen LogP contribution in [0.5, 0.6) is 0 Å². The fourth-order valence-electron chi connectivity index (χ4n) is 2.05. The Kier molecular flexibility index (Phi) is 5.17. The lowest BCUT2D eigenvalue weighted by molar-refractivity contribution is -0.162. The van der Waals surface area contributed by atoms with Gasteiger partial charge in [-0.05, 0) is 18.7 Å². The standard InChI is InChI=1S/C12H15NO6S2/c1-4-19-12(16)21-6-5-20-10-8(17-2)9(14)13(10)7(6)11(15)18-3/h8,10H,4-5H2,1-3H3. The first-order chi connectivity index (χ1) is 10.0. The normalized spacial score (nSPS) is 24.3. The van der Waals surface area contributed by atoms with Crippen molar-refractivity contribution in [1.29, 1.82) is 0 Å². The van der Waals surface area contributed by atoms with Crippen LogP contribution in [0, 0.1) is 0 Å². The van der Waals surface area contributed by atoms with Crippen molar-refractivity contribution in [2.24, 2.45) is 0 Å². The first kappa shape index (κ1) is 16.2. The molecule has 0 spiro atoms. The highest BCUT2D eigenvalue weighted by molar-refractivity contribution is 8.17. The summed E-state index contributed by atoms with van der Waals surface area (Å²) in [6.07, 6.45) is -0.566. The molecule has 0 saturated carbocycles. The van der Waals surface area contributed by atoms with E-state index >= 15 is 0 Å². The summed E-state index contributed by atoms with van der Waals surface area (Å²) in [5, 5.41) is -0.771. The van der Waals surface area contributed by atoms with Gasteiger partial charge in [-0.1, -0.05) is 0 Å². The topological polar surface area (TPSA) is 82.1 Å². The number of β-lactam (4-membered cyclic amide) rings is 1. The maximum Gasteiger partial charge on any atom is 0.371 e. The van der Waals surface area contributed by atoms with Gasteiger partial charge in [-0.25, -0.2) is 9.59 Å². The summed E-state index contributed by atoms with van der Waals surface area (Å²) in [6.45, 7) is 1.94. The van der Waals surface area contributed by atoms with Gasteiger partial charge in [-0.15, -0.1) is 11.8 Å². The number of methoxy groups -OCH3 is 2. The predicted octanol–water partition coefficient (Wildman–Crippen LogP) is 1.19. The van der Waals surface area contributed by atoms with Crippen LogP contribution in [0.4, 0.5) is 4.79 Å². The molecule has 7 nitrogen and oxygen atoms in total. The molecule has 0 aromatic heterocycles. The number of carbonyl (C=O) groups excluding carboxylic acids is 3. The maximum atomic E-state index is 12.0. The Bertz CT molecular complexity index is 506. The van der Waals surface area contributed by atoms with Crippen LogP contribution in [0.3, 0.4) is 0 Å². The average Bonchev–Trinajstić information content (AvgIpc) is 2.47. The maximum absolute atomic E-state index is 12.0. The first-order valence-electron chi connectivity index (χ1n) is 6.18. The van der Waals surface area contributed by atoms with Gasteiger partial charge in [0.2, 0.25) is 0 Å². The van der Waals surface area contributed by atoms with Crippen molar-refractivity contribution in [3.05, 3.63) is 10.6 Å². The van der Waals surface area contributed by atoms with Crippen LogP contribution in [-0.2, 0) is 23.8 Å². The highest BCUT2D eigenvalue weighted by Gasteiger charge is 2.54. The number of amides is 1. The van der Waals surface area contributed by atoms with Crippen LogP contribution in [0.25, 0.3) is 0 Å². The van der Waals surface area contributed by atoms with E-state index in [-0.39, 0.29) is 23.6 Å². The SMILES string of the molecule is CCOC(=O)SC1=C(C(=O)OC)N2C(=O)C(OC)C2SC1. The van der Waals surface area contributed by atoms with Gasteiger partial charge in [0.15, 0.2) is 6.10 Å². The Morgan fingerprint density at radius 2 is 2.14 bits per heavy atom. The molecule has 116 valence electrons. The second kappa shape index (κ2) is 6.71. The number of hydrogen-bond donors (Lipinski definition) is 0. The van der Waals surface area contributed by atoms with Crippen molar-refractivity contribution >= 4 is 40.7 Å². The molecule has 2 atom stereocenters. The molecule has 1 amide bonds. The van der Waals surface area contributed by atoms with Gasteiger partial charge in [0.1, 0.15) is 11.1 Å². The Balaban J connectivity index is 2.28. The Hall–Kier alpha value is -1.19. The molecule has 0 aliphatic carbocycles. The molecule has 0 radical (unpaired) electrons. The molecule has 9 heteroatoms. The molecular formula is C12H15NO6S2. The molecule has 21 heavy (non-hydrogen) atoms. The summed E-state index contributed by atoms with van der Waals surface area (Å²) in [7, 11) is 2.68. The highest BCUT2D eigenvalue weighted by atomic mass is 32.2. The lowest BCUT2D eigenvalue weighted by Gasteiger charge is -2.48. The van der Waals surface area contributed by atoms with Crippen LogP contribution in [-0.4, -0.2) is 60.1 Å². The van der Waals surface area contributed by atoms with Crippen molar-refractivity contribution in [2.75, 3.05) is 26.6 Å². The van der Waals surface area contributed by atoms with E-state index in [1.54, 1.807) is 6.92 Å². The Labute approximate surface area is 130 Å². The lowest BCUT2D eigenvalue weighted by Crippen LogP contribution is -2.65. The number of carbonyl (C=O) groups is 3. The van der Waals surface area contributed by atoms with E-state index in [1.165, 1.54) is 30.9 Å². The van der Waals surface area contributed by atoms with E-state index in [1.807, 2.05) is 0 Å². The first-order valence-corrected chi connectivity index (χ1v) is 8.05. The molecular weight excluding hydrogens is 318 g/mol. The third kappa shape index (κ3) is 2.90. The van der Waals surface area contributed by atoms with Crippen LogP contribution >= 0.6 is 23.5 Å². The number of fused-ring (bicyclic) bond motifs is 1. The van der Waals surface area contributed by atoms with Crippen molar-refractivity contribution in [3.63, 3.8) is 0 Å². The fraction of sp³-hybridized carbons (Fsp3) is 0.583. The largest absolute Gasteiger partial charge is 0.464 e. The van der Waals surface area contributed by atoms with Crippen molar-refractivity contribution < 1.29 is 28.6 Å². The summed E-state index contributed by atoms with van der Waals surface area (Å²) < 4.78 is 14.7. The molecule has 2 aliphatic rings. The fourth-order valence-corrected chi connectivity index (χ4v) is 4.37. The van der Waals surface area contributed by atoms with Gasteiger partial charge in [0, 0.05) is 17.8 Å². The second-order valence-corrected chi connectivity index (χ2v) is 6.25. The summed E-state index contributed by atoms with van der Waals surface area (Å²) in [4.78, 5) is 37.4. The van der Waals surface area contributed by atoms with Gasteiger partial charge in [0.25, 0.3) is 5.91 Å². The molecule has 2 rings (SSSR count). The van der Waals surface area contributed by atoms with Gasteiger partial charge in [-0.2, -0.15) is 0 Å². The van der Waals surface area contributed by atoms with E-state index in [9.17, 15) is 14.4 Å². The number of hydrogen-bond acceptors (Lipinski definition) is 8. The zero-order valence-corrected chi connectivity index (χ0v) is 13.4. The molecule has 2 unspecified atom stereocenters. The van der Waals surface area contributed by atoms with Crippen molar-refractivity contribution in [1.82, 2.24) is 4.90 Å². The molecule has 0 aromatic rings. The lowest BCUT2D eigenvalue weighted by atomic mass is 10.1. The minimum absolute atomic E-state index is 0.109. The summed E-state index contributed by atoms with van der Waals surface area (Å²) in [5.74, 6) is -0.533. The van der Waals surface area contributed by atoms with E-state index < -0.39 is 17.4 Å². The molecule has 0 bridgehead atoms. The summed E-state index contributed by atoms with van der Waals surface area (Å²) in [6, 6.07) is 0. The minimum atomic E-state index is -0.644. The third-order valence-electron chi connectivity index (χ3n) is 2.99. The number of rotatable bonds is 4. The molecule has 1 fully saturated rings. The van der Waals surface area contributed by atoms with Gasteiger partial charge in [0.05, 0.1) is 13.7 Å². The summed E-state index contributed by atoms with van der Waals surface area (Å²) >= 11 is 2.24. The van der Waals surface area contributed by atoms with E-state index in [0.29, 0.717) is 10.7 Å². The van der Waals surface area contributed by atoms with E-state index in [0.717, 1.165) is 11.8 Å². The monoisotopic (exact) mass is 333 g/mol. The second-order valence-electron chi connectivity index (χ2n) is 4.11. The van der Waals surface area contributed by atoms with Crippen molar-refractivity contribution in [3.8, 4) is 0 Å². The molecule has 2 aliphatic heterocycles. The van der Waals surface area contributed by atoms with Crippen molar-refractivity contribution in [2.45, 2.75) is 18.4 Å². The molecule has 2 heterocycles. The van der Waals surface area contributed by atoms with Crippen LogP contribution in [0.2, 0.25) is 0 Å². The predicted molar refractivity (Wildman–Crippen MR) is 77.5 cm³/mol. The molecule has 0 aromatic carbocycles. The highest BCUT2D eigenvalue weighted by Crippen LogP contribution is 2.44. The average molecular weight is 333 g/mol. The van der Waals surface area contributed by atoms with Crippen LogP contribution in [0.1, 0.15) is 6.92 Å².